The summed E-state index contributed by atoms with van der Waals surface area (Å²) in [6, 6.07) is 19.1. The SMILES string of the molecule is CCC[n+]1c(C=c2s/c(=C/C=C/C=C3\Sc4ccc5ccccc5c4N3C)c(=O)n2CC)[se]c2ccc(Cl)cc21. The molecule has 0 aliphatic carbocycles. The molecule has 5 aromatic rings. The molecule has 0 bridgehead atoms. The van der Waals surface area contributed by atoms with Crippen molar-refractivity contribution in [3.63, 3.8) is 0 Å². The molecule has 6 rings (SSSR count). The van der Waals surface area contributed by atoms with E-state index >= 15 is 0 Å². The molecule has 0 saturated heterocycles. The van der Waals surface area contributed by atoms with Crippen LogP contribution >= 0.6 is 34.7 Å². The quantitative estimate of drug-likeness (QED) is 0.170. The van der Waals surface area contributed by atoms with Gasteiger partial charge in [0.25, 0.3) is 0 Å². The number of thiazole rings is 1. The summed E-state index contributed by atoms with van der Waals surface area (Å²) >= 11 is 9.84. The third-order valence-corrected chi connectivity index (χ3v) is 11.8. The summed E-state index contributed by atoms with van der Waals surface area (Å²) in [5.74, 6) is 0. The third kappa shape index (κ3) is 5.06. The van der Waals surface area contributed by atoms with E-state index in [4.69, 9.17) is 11.6 Å². The molecule has 0 fully saturated rings. The molecule has 4 nitrogen and oxygen atoms in total. The Morgan fingerprint density at radius 1 is 1.05 bits per heavy atom. The van der Waals surface area contributed by atoms with Crippen LogP contribution < -0.4 is 24.2 Å². The number of aryl methyl sites for hydroxylation is 1. The van der Waals surface area contributed by atoms with Gasteiger partial charge in [-0.1, -0.05) is 30.3 Å². The van der Waals surface area contributed by atoms with Crippen LogP contribution in [0.3, 0.4) is 0 Å². The standard InChI is InChI=1S/C32H29ClN3OS2Se/c1-4-18-36-24-19-22(33)15-17-27(24)40-30(36)20-29-35(5-2)32(37)26(39-29)12-8-9-13-28-34(3)31-23-11-7-6-10-21(23)14-16-25(31)38-28/h6-17,19-20H,4-5,18H2,1-3H3/q+1/b9-8+,26-12+,28-13-. The van der Waals surface area contributed by atoms with Crippen molar-refractivity contribution in [2.24, 2.45) is 0 Å². The second-order valence-corrected chi connectivity index (χ2v) is 14.3. The minimum absolute atomic E-state index is 0.0657. The first-order valence-corrected chi connectivity index (χ1v) is 17.1. The molecule has 1 aliphatic rings. The van der Waals surface area contributed by atoms with Gasteiger partial charge in [0.1, 0.15) is 0 Å². The van der Waals surface area contributed by atoms with Crippen molar-refractivity contribution < 1.29 is 4.57 Å². The van der Waals surface area contributed by atoms with Crippen molar-refractivity contribution in [3.05, 3.63) is 107 Å². The first kappa shape index (κ1) is 27.4. The average molecular weight is 650 g/mol. The van der Waals surface area contributed by atoms with Crippen molar-refractivity contribution in [2.75, 3.05) is 11.9 Å². The zero-order valence-corrected chi connectivity index (χ0v) is 26.7. The van der Waals surface area contributed by atoms with Gasteiger partial charge in [-0.2, -0.15) is 0 Å². The Kier molecular flexibility index (Phi) is 7.93. The molecule has 0 saturated carbocycles. The number of hydrogen-bond acceptors (Lipinski definition) is 4. The number of allylic oxidation sites excluding steroid dienone is 3. The Labute approximate surface area is 252 Å². The number of nitrogens with zero attached hydrogens (tertiary/aromatic N) is 3. The van der Waals surface area contributed by atoms with Crippen LogP contribution in [0.15, 0.2) is 87.5 Å². The van der Waals surface area contributed by atoms with Crippen LogP contribution in [0.5, 0.6) is 0 Å². The van der Waals surface area contributed by atoms with E-state index in [2.05, 4.69) is 84.1 Å². The average Bonchev–Trinajstić information content (AvgIpc) is 3.57. The molecule has 1 aliphatic heterocycles. The maximum absolute atomic E-state index is 13.3. The maximum atomic E-state index is 13.3. The monoisotopic (exact) mass is 650 g/mol. The summed E-state index contributed by atoms with van der Waals surface area (Å²) in [7, 11) is 2.12. The van der Waals surface area contributed by atoms with E-state index in [1.165, 1.54) is 35.7 Å². The molecule has 202 valence electrons. The normalized spacial score (nSPS) is 15.5. The molecular weight excluding hydrogens is 621 g/mol. The van der Waals surface area contributed by atoms with E-state index in [9.17, 15) is 4.79 Å². The predicted octanol–water partition coefficient (Wildman–Crippen LogP) is 5.89. The van der Waals surface area contributed by atoms with Gasteiger partial charge in [-0.05, 0) is 11.5 Å². The molecule has 2 aromatic heterocycles. The van der Waals surface area contributed by atoms with Crippen LogP contribution in [0.25, 0.3) is 32.7 Å². The number of fused-ring (bicyclic) bond motifs is 4. The Bertz CT molecular complexity index is 2000. The van der Waals surface area contributed by atoms with E-state index in [1.54, 1.807) is 23.1 Å². The molecular formula is C32H29ClN3OS2Se+. The van der Waals surface area contributed by atoms with Crippen molar-refractivity contribution in [3.8, 4) is 0 Å². The van der Waals surface area contributed by atoms with Crippen molar-refractivity contribution in [2.45, 2.75) is 38.3 Å². The molecule has 3 aromatic carbocycles. The molecule has 0 unspecified atom stereocenters. The van der Waals surface area contributed by atoms with Crippen LogP contribution in [0.1, 0.15) is 24.8 Å². The number of hydrogen-bond donors (Lipinski definition) is 0. The number of anilines is 1. The summed E-state index contributed by atoms with van der Waals surface area (Å²) in [5, 5.41) is 4.44. The first-order valence-electron chi connectivity index (χ1n) is 13.3. The first-order chi connectivity index (χ1) is 19.5. The summed E-state index contributed by atoms with van der Waals surface area (Å²) in [6.45, 7) is 5.80. The molecule has 0 N–H and O–H groups in total. The van der Waals surface area contributed by atoms with Crippen molar-refractivity contribution in [1.29, 1.82) is 0 Å². The van der Waals surface area contributed by atoms with Crippen LogP contribution in [0.4, 0.5) is 5.69 Å². The van der Waals surface area contributed by atoms with Crippen molar-refractivity contribution >= 4 is 87.6 Å². The Balaban J connectivity index is 1.33. The van der Waals surface area contributed by atoms with Gasteiger partial charge in [0.15, 0.2) is 0 Å². The molecule has 0 atom stereocenters. The summed E-state index contributed by atoms with van der Waals surface area (Å²) < 4.78 is 8.61. The second kappa shape index (κ2) is 11.6. The van der Waals surface area contributed by atoms with Crippen LogP contribution in [0, 0.1) is 0 Å². The van der Waals surface area contributed by atoms with E-state index in [0.29, 0.717) is 6.54 Å². The number of rotatable bonds is 6. The summed E-state index contributed by atoms with van der Waals surface area (Å²) in [4.78, 5) is 16.8. The van der Waals surface area contributed by atoms with Gasteiger partial charge in [0, 0.05) is 5.39 Å². The Morgan fingerprint density at radius 3 is 2.70 bits per heavy atom. The van der Waals surface area contributed by atoms with E-state index in [1.807, 2.05) is 35.8 Å². The van der Waals surface area contributed by atoms with E-state index < -0.39 is 0 Å². The van der Waals surface area contributed by atoms with Gasteiger partial charge in [0.2, 0.25) is 0 Å². The van der Waals surface area contributed by atoms with Crippen molar-refractivity contribution in [1.82, 2.24) is 4.57 Å². The third-order valence-electron chi connectivity index (χ3n) is 6.98. The number of thioether (sulfide) groups is 1. The Hall–Kier alpha value is -2.80. The fraction of sp³-hybridized carbons (Fsp3) is 0.188. The van der Waals surface area contributed by atoms with Crippen LogP contribution in [0.2, 0.25) is 5.02 Å². The van der Waals surface area contributed by atoms with Gasteiger partial charge in [0.05, 0.1) is 0 Å². The van der Waals surface area contributed by atoms with Gasteiger partial charge in [-0.25, -0.2) is 0 Å². The number of benzene rings is 3. The molecule has 0 radical (unpaired) electrons. The van der Waals surface area contributed by atoms with Crippen LogP contribution in [-0.4, -0.2) is 26.1 Å². The fourth-order valence-corrected chi connectivity index (χ4v) is 9.88. The van der Waals surface area contributed by atoms with Gasteiger partial charge in [-0.15, -0.1) is 0 Å². The zero-order valence-electron chi connectivity index (χ0n) is 22.6. The van der Waals surface area contributed by atoms with Gasteiger partial charge < -0.3 is 0 Å². The zero-order chi connectivity index (χ0) is 27.8. The molecule has 0 amide bonds. The Morgan fingerprint density at radius 2 is 1.88 bits per heavy atom. The number of halogens is 1. The molecule has 0 spiro atoms. The second-order valence-electron chi connectivity index (χ2n) is 9.55. The van der Waals surface area contributed by atoms with Gasteiger partial charge in [-0.3, -0.25) is 0 Å². The fourth-order valence-electron chi connectivity index (χ4n) is 5.08. The predicted molar refractivity (Wildman–Crippen MR) is 173 cm³/mol. The van der Waals surface area contributed by atoms with E-state index in [0.717, 1.165) is 32.2 Å². The van der Waals surface area contributed by atoms with Crippen LogP contribution in [-0.2, 0) is 13.1 Å². The molecule has 3 heterocycles. The topological polar surface area (TPSA) is 29.1 Å². The van der Waals surface area contributed by atoms with E-state index in [-0.39, 0.29) is 20.1 Å². The summed E-state index contributed by atoms with van der Waals surface area (Å²) in [6.07, 6.45) is 11.3. The molecule has 40 heavy (non-hydrogen) atoms. The number of aromatic nitrogens is 2. The summed E-state index contributed by atoms with van der Waals surface area (Å²) in [5.41, 5.74) is 2.52. The minimum atomic E-state index is 0.0657. The van der Waals surface area contributed by atoms with Gasteiger partial charge >= 0.3 is 207 Å². The molecule has 8 heteroatoms.